The van der Waals surface area contributed by atoms with Crippen molar-refractivity contribution >= 4 is 11.6 Å². The van der Waals surface area contributed by atoms with Crippen LogP contribution < -0.4 is 5.32 Å². The molecular weight excluding hydrogens is 306 g/mol. The number of carbonyl (C=O) groups excluding carboxylic acids is 1. The Morgan fingerprint density at radius 1 is 1.25 bits per heavy atom. The number of ether oxygens (including phenoxy) is 2. The molecule has 1 aromatic heterocycles. The summed E-state index contributed by atoms with van der Waals surface area (Å²) >= 11 is 0. The summed E-state index contributed by atoms with van der Waals surface area (Å²) in [5, 5.41) is 2.82. The van der Waals surface area contributed by atoms with Gasteiger partial charge in [0, 0.05) is 37.5 Å². The van der Waals surface area contributed by atoms with E-state index in [9.17, 15) is 4.79 Å². The van der Waals surface area contributed by atoms with Crippen LogP contribution in [0, 0.1) is 0 Å². The standard InChI is InChI=1S/C18H23N3O3/c1-23-10-11-24-13-18(22)19-15-7-5-14(6-8-15)16-12-21-9-3-2-4-17(21)20-16/h5-8,12H,2-4,9-11,13H2,1H3,(H,19,22). The SMILES string of the molecule is COCCOCC(=O)Nc1ccc(-c2cn3c(n2)CCCC3)cc1. The molecule has 0 saturated carbocycles. The third kappa shape index (κ3) is 4.21. The van der Waals surface area contributed by atoms with Crippen LogP contribution in [0.3, 0.4) is 0 Å². The fraction of sp³-hybridized carbons (Fsp3) is 0.444. The van der Waals surface area contributed by atoms with Crippen LogP contribution in [0.5, 0.6) is 0 Å². The highest BCUT2D eigenvalue weighted by atomic mass is 16.5. The number of nitrogens with zero attached hydrogens (tertiary/aromatic N) is 2. The zero-order chi connectivity index (χ0) is 16.8. The van der Waals surface area contributed by atoms with Crippen molar-refractivity contribution in [3.8, 4) is 11.3 Å². The number of hydrogen-bond donors (Lipinski definition) is 1. The van der Waals surface area contributed by atoms with Gasteiger partial charge in [0.25, 0.3) is 0 Å². The van der Waals surface area contributed by atoms with Crippen LogP contribution >= 0.6 is 0 Å². The maximum atomic E-state index is 11.8. The Morgan fingerprint density at radius 3 is 2.83 bits per heavy atom. The van der Waals surface area contributed by atoms with E-state index in [1.807, 2.05) is 24.3 Å². The molecule has 6 nitrogen and oxygen atoms in total. The average molecular weight is 329 g/mol. The summed E-state index contributed by atoms with van der Waals surface area (Å²) in [6, 6.07) is 7.74. The molecule has 1 aliphatic rings. The van der Waals surface area contributed by atoms with Gasteiger partial charge in [-0.2, -0.15) is 0 Å². The van der Waals surface area contributed by atoms with Gasteiger partial charge in [-0.05, 0) is 25.0 Å². The molecule has 3 rings (SSSR count). The maximum Gasteiger partial charge on any atom is 0.250 e. The Bertz CT molecular complexity index is 656. The molecule has 0 unspecified atom stereocenters. The number of nitrogens with one attached hydrogen (secondary N) is 1. The Morgan fingerprint density at radius 2 is 2.08 bits per heavy atom. The van der Waals surface area contributed by atoms with Crippen LogP contribution in [-0.2, 0) is 27.2 Å². The fourth-order valence-corrected chi connectivity index (χ4v) is 2.78. The Kier molecular flexibility index (Phi) is 5.61. The van der Waals surface area contributed by atoms with Crippen LogP contribution in [0.25, 0.3) is 11.3 Å². The number of amides is 1. The molecule has 1 aromatic carbocycles. The van der Waals surface area contributed by atoms with Crippen LogP contribution in [0.15, 0.2) is 30.5 Å². The Hall–Kier alpha value is -2.18. The van der Waals surface area contributed by atoms with E-state index < -0.39 is 0 Å². The molecule has 0 spiro atoms. The van der Waals surface area contributed by atoms with Crippen molar-refractivity contribution in [1.29, 1.82) is 0 Å². The Balaban J connectivity index is 1.57. The lowest BCUT2D eigenvalue weighted by Gasteiger charge is -2.11. The van der Waals surface area contributed by atoms with Crippen LogP contribution in [0.4, 0.5) is 5.69 Å². The first-order valence-corrected chi connectivity index (χ1v) is 8.29. The van der Waals surface area contributed by atoms with Crippen molar-refractivity contribution in [3.05, 3.63) is 36.3 Å². The molecule has 0 radical (unpaired) electrons. The minimum Gasteiger partial charge on any atom is -0.382 e. The molecule has 128 valence electrons. The van der Waals surface area contributed by atoms with E-state index in [4.69, 9.17) is 14.5 Å². The summed E-state index contributed by atoms with van der Waals surface area (Å²) in [5.41, 5.74) is 2.81. The first-order chi connectivity index (χ1) is 11.8. The lowest BCUT2D eigenvalue weighted by molar-refractivity contribution is -0.121. The first-order valence-electron chi connectivity index (χ1n) is 8.29. The van der Waals surface area contributed by atoms with E-state index in [1.165, 1.54) is 18.7 Å². The first kappa shape index (κ1) is 16.7. The average Bonchev–Trinajstić information content (AvgIpc) is 3.03. The van der Waals surface area contributed by atoms with Gasteiger partial charge in [-0.25, -0.2) is 4.98 Å². The van der Waals surface area contributed by atoms with Crippen LogP contribution in [-0.4, -0.2) is 42.4 Å². The molecule has 0 saturated heterocycles. The molecule has 2 heterocycles. The van der Waals surface area contributed by atoms with Gasteiger partial charge in [0.1, 0.15) is 12.4 Å². The number of benzene rings is 1. The quantitative estimate of drug-likeness (QED) is 0.793. The van der Waals surface area contributed by atoms with Gasteiger partial charge in [-0.15, -0.1) is 0 Å². The molecule has 6 heteroatoms. The van der Waals surface area contributed by atoms with E-state index in [0.29, 0.717) is 13.2 Å². The maximum absolute atomic E-state index is 11.8. The second-order valence-corrected chi connectivity index (χ2v) is 5.86. The van der Waals surface area contributed by atoms with Gasteiger partial charge in [0.15, 0.2) is 0 Å². The highest BCUT2D eigenvalue weighted by molar-refractivity contribution is 5.91. The number of aromatic nitrogens is 2. The number of imidazole rings is 1. The molecule has 24 heavy (non-hydrogen) atoms. The summed E-state index contributed by atoms with van der Waals surface area (Å²) in [4.78, 5) is 16.5. The van der Waals surface area contributed by atoms with E-state index in [2.05, 4.69) is 16.1 Å². The molecular formula is C18H23N3O3. The smallest absolute Gasteiger partial charge is 0.250 e. The lowest BCUT2D eigenvalue weighted by Crippen LogP contribution is -2.19. The van der Waals surface area contributed by atoms with Crippen LogP contribution in [0.2, 0.25) is 0 Å². The lowest BCUT2D eigenvalue weighted by atomic mass is 10.1. The van der Waals surface area contributed by atoms with Gasteiger partial charge in [-0.1, -0.05) is 12.1 Å². The predicted octanol–water partition coefficient (Wildman–Crippen LogP) is 2.49. The van der Waals surface area contributed by atoms with Crippen molar-refractivity contribution in [2.45, 2.75) is 25.8 Å². The number of hydrogen-bond acceptors (Lipinski definition) is 4. The van der Waals surface area contributed by atoms with Crippen molar-refractivity contribution in [2.75, 3.05) is 32.2 Å². The second kappa shape index (κ2) is 8.08. The summed E-state index contributed by atoms with van der Waals surface area (Å²) in [6.07, 6.45) is 5.61. The second-order valence-electron chi connectivity index (χ2n) is 5.86. The van der Waals surface area contributed by atoms with E-state index >= 15 is 0 Å². The normalized spacial score (nSPS) is 13.5. The van der Waals surface area contributed by atoms with Crippen LogP contribution in [0.1, 0.15) is 18.7 Å². The van der Waals surface area contributed by atoms with Gasteiger partial charge >= 0.3 is 0 Å². The largest absolute Gasteiger partial charge is 0.382 e. The van der Waals surface area contributed by atoms with Gasteiger partial charge in [-0.3, -0.25) is 4.79 Å². The molecule has 0 bridgehead atoms. The number of methoxy groups -OCH3 is 1. The summed E-state index contributed by atoms with van der Waals surface area (Å²) in [6.45, 7) is 1.98. The summed E-state index contributed by atoms with van der Waals surface area (Å²) in [5.74, 6) is 0.998. The Labute approximate surface area is 141 Å². The van der Waals surface area contributed by atoms with E-state index in [-0.39, 0.29) is 12.5 Å². The van der Waals surface area contributed by atoms with Gasteiger partial charge in [0.2, 0.25) is 5.91 Å². The number of carbonyl (C=O) groups is 1. The molecule has 0 fully saturated rings. The third-order valence-electron chi connectivity index (χ3n) is 4.04. The third-order valence-corrected chi connectivity index (χ3v) is 4.04. The van der Waals surface area contributed by atoms with Crippen molar-refractivity contribution in [1.82, 2.24) is 9.55 Å². The zero-order valence-corrected chi connectivity index (χ0v) is 14.0. The van der Waals surface area contributed by atoms with E-state index in [1.54, 1.807) is 7.11 Å². The van der Waals surface area contributed by atoms with Gasteiger partial charge < -0.3 is 19.4 Å². The van der Waals surface area contributed by atoms with Crippen molar-refractivity contribution < 1.29 is 14.3 Å². The highest BCUT2D eigenvalue weighted by Crippen LogP contribution is 2.23. The van der Waals surface area contributed by atoms with E-state index in [0.717, 1.165) is 29.9 Å². The van der Waals surface area contributed by atoms with Crippen molar-refractivity contribution in [3.63, 3.8) is 0 Å². The molecule has 2 aromatic rings. The molecule has 0 atom stereocenters. The minimum atomic E-state index is -0.170. The minimum absolute atomic E-state index is 0.0267. The molecule has 1 N–H and O–H groups in total. The predicted molar refractivity (Wildman–Crippen MR) is 91.9 cm³/mol. The highest BCUT2D eigenvalue weighted by Gasteiger charge is 2.13. The molecule has 1 aliphatic heterocycles. The summed E-state index contributed by atoms with van der Waals surface area (Å²) in [7, 11) is 1.60. The topological polar surface area (TPSA) is 65.4 Å². The monoisotopic (exact) mass is 329 g/mol. The van der Waals surface area contributed by atoms with Crippen molar-refractivity contribution in [2.24, 2.45) is 0 Å². The number of fused-ring (bicyclic) bond motifs is 1. The summed E-state index contributed by atoms with van der Waals surface area (Å²) < 4.78 is 12.3. The number of rotatable bonds is 7. The number of anilines is 1. The van der Waals surface area contributed by atoms with Gasteiger partial charge in [0.05, 0.1) is 18.9 Å². The number of aryl methyl sites for hydroxylation is 2. The molecule has 1 amide bonds. The molecule has 0 aliphatic carbocycles. The fourth-order valence-electron chi connectivity index (χ4n) is 2.78. The zero-order valence-electron chi connectivity index (χ0n) is 14.0.